The number of nitrogens with zero attached hydrogens (tertiary/aromatic N) is 3. The summed E-state index contributed by atoms with van der Waals surface area (Å²) in [5.41, 5.74) is 3.55. The van der Waals surface area contributed by atoms with E-state index in [0.717, 1.165) is 11.0 Å². The molecular formula is C11H15N3. The summed E-state index contributed by atoms with van der Waals surface area (Å²) in [4.78, 5) is 0. The molecule has 1 aromatic heterocycles. The number of fused-ring (bicyclic) bond motifs is 1. The highest BCUT2D eigenvalue weighted by atomic mass is 15.4. The fourth-order valence-corrected chi connectivity index (χ4v) is 1.50. The number of aromatic nitrogens is 3. The van der Waals surface area contributed by atoms with Crippen LogP contribution in [0.3, 0.4) is 0 Å². The summed E-state index contributed by atoms with van der Waals surface area (Å²) in [5.74, 6) is 0. The van der Waals surface area contributed by atoms with Crippen molar-refractivity contribution in [2.45, 2.75) is 26.2 Å². The highest BCUT2D eigenvalue weighted by molar-refractivity contribution is 5.75. The van der Waals surface area contributed by atoms with E-state index in [1.807, 2.05) is 17.8 Å². The van der Waals surface area contributed by atoms with E-state index in [4.69, 9.17) is 0 Å². The zero-order chi connectivity index (χ0) is 10.3. The molecule has 0 N–H and O–H groups in total. The van der Waals surface area contributed by atoms with Crippen LogP contribution in [0.5, 0.6) is 0 Å². The molecule has 0 aliphatic heterocycles. The van der Waals surface area contributed by atoms with E-state index >= 15 is 0 Å². The highest BCUT2D eigenvalue weighted by Crippen LogP contribution is 2.24. The summed E-state index contributed by atoms with van der Waals surface area (Å²) >= 11 is 0. The summed E-state index contributed by atoms with van der Waals surface area (Å²) in [5, 5.41) is 8.04. The van der Waals surface area contributed by atoms with Crippen LogP contribution in [-0.2, 0) is 12.5 Å². The Labute approximate surface area is 83.7 Å². The average Bonchev–Trinajstić information content (AvgIpc) is 2.46. The largest absolute Gasteiger partial charge is 0.248 e. The van der Waals surface area contributed by atoms with Gasteiger partial charge in [0.05, 0.1) is 5.52 Å². The van der Waals surface area contributed by atoms with Gasteiger partial charge in [0.1, 0.15) is 5.52 Å². The minimum atomic E-state index is 0.179. The molecule has 0 fully saturated rings. The summed E-state index contributed by atoms with van der Waals surface area (Å²) in [6, 6.07) is 6.31. The van der Waals surface area contributed by atoms with Crippen LogP contribution < -0.4 is 0 Å². The molecule has 0 amide bonds. The lowest BCUT2D eigenvalue weighted by molar-refractivity contribution is 0.590. The van der Waals surface area contributed by atoms with Gasteiger partial charge < -0.3 is 0 Å². The van der Waals surface area contributed by atoms with Crippen molar-refractivity contribution in [3.8, 4) is 0 Å². The number of hydrogen-bond donors (Lipinski definition) is 0. The molecule has 0 bridgehead atoms. The molecule has 0 aliphatic rings. The molecule has 74 valence electrons. The normalized spacial score (nSPS) is 12.3. The Hall–Kier alpha value is -1.38. The molecule has 0 atom stereocenters. The van der Waals surface area contributed by atoms with Gasteiger partial charge in [-0.3, -0.25) is 0 Å². The van der Waals surface area contributed by atoms with Crippen molar-refractivity contribution in [1.82, 2.24) is 15.0 Å². The fraction of sp³-hybridized carbons (Fsp3) is 0.455. The van der Waals surface area contributed by atoms with Gasteiger partial charge in [0.15, 0.2) is 0 Å². The second-order valence-corrected chi connectivity index (χ2v) is 4.67. The van der Waals surface area contributed by atoms with Crippen LogP contribution in [0.4, 0.5) is 0 Å². The molecule has 1 heterocycles. The Morgan fingerprint density at radius 1 is 1.21 bits per heavy atom. The molecule has 2 rings (SSSR count). The van der Waals surface area contributed by atoms with Gasteiger partial charge in [0, 0.05) is 7.05 Å². The van der Waals surface area contributed by atoms with Crippen LogP contribution in [0.1, 0.15) is 26.3 Å². The molecule has 1 aromatic carbocycles. The van der Waals surface area contributed by atoms with Crippen molar-refractivity contribution in [3.63, 3.8) is 0 Å². The van der Waals surface area contributed by atoms with Gasteiger partial charge >= 0.3 is 0 Å². The quantitative estimate of drug-likeness (QED) is 0.636. The first-order chi connectivity index (χ1) is 6.48. The van der Waals surface area contributed by atoms with E-state index in [-0.39, 0.29) is 5.41 Å². The Balaban J connectivity index is 2.66. The second-order valence-electron chi connectivity index (χ2n) is 4.67. The minimum absolute atomic E-state index is 0.179. The maximum atomic E-state index is 4.05. The van der Waals surface area contributed by atoms with Crippen molar-refractivity contribution in [3.05, 3.63) is 23.8 Å². The SMILES string of the molecule is Cn1nnc2ccc(C(C)(C)C)cc21. The van der Waals surface area contributed by atoms with Crippen LogP contribution in [-0.4, -0.2) is 15.0 Å². The lowest BCUT2D eigenvalue weighted by Crippen LogP contribution is -2.10. The molecule has 14 heavy (non-hydrogen) atoms. The first-order valence-electron chi connectivity index (χ1n) is 4.78. The van der Waals surface area contributed by atoms with E-state index in [1.54, 1.807) is 0 Å². The van der Waals surface area contributed by atoms with Gasteiger partial charge in [-0.2, -0.15) is 0 Å². The zero-order valence-electron chi connectivity index (χ0n) is 9.07. The minimum Gasteiger partial charge on any atom is -0.248 e. The van der Waals surface area contributed by atoms with E-state index in [9.17, 15) is 0 Å². The fourth-order valence-electron chi connectivity index (χ4n) is 1.50. The van der Waals surface area contributed by atoms with E-state index in [1.165, 1.54) is 5.56 Å². The molecule has 0 unspecified atom stereocenters. The Bertz CT molecular complexity index is 463. The third-order valence-electron chi connectivity index (χ3n) is 2.48. The lowest BCUT2D eigenvalue weighted by Gasteiger charge is -2.18. The van der Waals surface area contributed by atoms with E-state index < -0.39 is 0 Å². The average molecular weight is 189 g/mol. The van der Waals surface area contributed by atoms with Gasteiger partial charge in [-0.1, -0.05) is 32.1 Å². The first-order valence-corrected chi connectivity index (χ1v) is 4.78. The van der Waals surface area contributed by atoms with Crippen LogP contribution in [0, 0.1) is 0 Å². The molecule has 3 heteroatoms. The van der Waals surface area contributed by atoms with Gasteiger partial charge in [-0.15, -0.1) is 5.10 Å². The summed E-state index contributed by atoms with van der Waals surface area (Å²) in [6.45, 7) is 6.62. The number of rotatable bonds is 0. The number of hydrogen-bond acceptors (Lipinski definition) is 2. The summed E-state index contributed by atoms with van der Waals surface area (Å²) < 4.78 is 1.81. The van der Waals surface area contributed by atoms with Gasteiger partial charge in [-0.25, -0.2) is 4.68 Å². The molecule has 0 radical (unpaired) electrons. The Morgan fingerprint density at radius 2 is 1.93 bits per heavy atom. The van der Waals surface area contributed by atoms with E-state index in [0.29, 0.717) is 0 Å². The standard InChI is InChI=1S/C11H15N3/c1-11(2,3)8-5-6-9-10(7-8)14(4)13-12-9/h5-7H,1-4H3. The van der Waals surface area contributed by atoms with Gasteiger partial charge in [0.2, 0.25) is 0 Å². The zero-order valence-corrected chi connectivity index (χ0v) is 9.07. The van der Waals surface area contributed by atoms with Gasteiger partial charge in [-0.05, 0) is 23.1 Å². The summed E-state index contributed by atoms with van der Waals surface area (Å²) in [6.07, 6.45) is 0. The smallest absolute Gasteiger partial charge is 0.113 e. The van der Waals surface area contributed by atoms with Crippen LogP contribution >= 0.6 is 0 Å². The molecule has 2 aromatic rings. The van der Waals surface area contributed by atoms with Crippen LogP contribution in [0.15, 0.2) is 18.2 Å². The molecular weight excluding hydrogens is 174 g/mol. The van der Waals surface area contributed by atoms with Gasteiger partial charge in [0.25, 0.3) is 0 Å². The molecule has 0 saturated heterocycles. The molecule has 0 saturated carbocycles. The van der Waals surface area contributed by atoms with Crippen LogP contribution in [0.25, 0.3) is 11.0 Å². The Morgan fingerprint density at radius 3 is 2.57 bits per heavy atom. The van der Waals surface area contributed by atoms with Crippen molar-refractivity contribution in [1.29, 1.82) is 0 Å². The lowest BCUT2D eigenvalue weighted by atomic mass is 9.87. The first kappa shape index (κ1) is 9.19. The predicted molar refractivity (Wildman–Crippen MR) is 57.2 cm³/mol. The van der Waals surface area contributed by atoms with Crippen molar-refractivity contribution in [2.75, 3.05) is 0 Å². The van der Waals surface area contributed by atoms with Crippen LogP contribution in [0.2, 0.25) is 0 Å². The third-order valence-corrected chi connectivity index (χ3v) is 2.48. The predicted octanol–water partition coefficient (Wildman–Crippen LogP) is 2.27. The van der Waals surface area contributed by atoms with Crippen molar-refractivity contribution < 1.29 is 0 Å². The Kier molecular flexibility index (Phi) is 1.84. The molecule has 0 spiro atoms. The maximum Gasteiger partial charge on any atom is 0.113 e. The number of aryl methyl sites for hydroxylation is 1. The maximum absolute atomic E-state index is 4.05. The number of benzene rings is 1. The van der Waals surface area contributed by atoms with Crippen molar-refractivity contribution in [2.24, 2.45) is 7.05 Å². The second kappa shape index (κ2) is 2.80. The monoisotopic (exact) mass is 189 g/mol. The topological polar surface area (TPSA) is 30.7 Å². The van der Waals surface area contributed by atoms with E-state index in [2.05, 4.69) is 43.2 Å². The summed E-state index contributed by atoms with van der Waals surface area (Å²) in [7, 11) is 1.92. The molecule has 0 aliphatic carbocycles. The van der Waals surface area contributed by atoms with Crippen molar-refractivity contribution >= 4 is 11.0 Å². The molecule has 3 nitrogen and oxygen atoms in total. The highest BCUT2D eigenvalue weighted by Gasteiger charge is 2.14. The third kappa shape index (κ3) is 1.39.